The van der Waals surface area contributed by atoms with Crippen LogP contribution in [0.5, 0.6) is 0 Å². The van der Waals surface area contributed by atoms with E-state index in [0.717, 1.165) is 44.5 Å². The highest BCUT2D eigenvalue weighted by Crippen LogP contribution is 2.30. The van der Waals surface area contributed by atoms with E-state index in [1.165, 1.54) is 27.7 Å². The van der Waals surface area contributed by atoms with Crippen LogP contribution in [0.2, 0.25) is 0 Å². The third-order valence-corrected chi connectivity index (χ3v) is 5.56. The molecule has 136 valence electrons. The quantitative estimate of drug-likeness (QED) is 0.706. The van der Waals surface area contributed by atoms with Crippen LogP contribution in [0.1, 0.15) is 28.1 Å². The Labute approximate surface area is 154 Å². The second-order valence-corrected chi connectivity index (χ2v) is 7.44. The van der Waals surface area contributed by atoms with Crippen LogP contribution in [0.15, 0.2) is 36.5 Å². The maximum atomic E-state index is 12.7. The molecule has 0 unspecified atom stereocenters. The van der Waals surface area contributed by atoms with Crippen molar-refractivity contribution in [2.75, 3.05) is 20.1 Å². The number of alkyl halides is 1. The number of pyridine rings is 1. The van der Waals surface area contributed by atoms with Gasteiger partial charge in [0.1, 0.15) is 6.67 Å². The molecule has 3 aromatic rings. The Balaban J connectivity index is 1.69. The lowest BCUT2D eigenvalue weighted by molar-refractivity contribution is 0.351. The lowest BCUT2D eigenvalue weighted by atomic mass is 10.1. The van der Waals surface area contributed by atoms with Crippen molar-refractivity contribution in [3.05, 3.63) is 64.6 Å². The number of halogens is 1. The molecule has 0 atom stereocenters. The van der Waals surface area contributed by atoms with Gasteiger partial charge in [-0.3, -0.25) is 4.98 Å². The average molecular weight is 351 g/mol. The molecule has 4 heteroatoms. The molecule has 1 aromatic carbocycles. The van der Waals surface area contributed by atoms with Crippen molar-refractivity contribution in [3.63, 3.8) is 0 Å². The van der Waals surface area contributed by atoms with Crippen LogP contribution >= 0.6 is 0 Å². The second-order valence-electron chi connectivity index (χ2n) is 7.44. The molecule has 26 heavy (non-hydrogen) atoms. The number of aryl methyl sites for hydroxylation is 3. The first kappa shape index (κ1) is 17.2. The summed E-state index contributed by atoms with van der Waals surface area (Å²) in [4.78, 5) is 6.61. The molecular weight excluding hydrogens is 325 g/mol. The summed E-state index contributed by atoms with van der Waals surface area (Å²) in [5, 5.41) is 1.42. The van der Waals surface area contributed by atoms with Crippen molar-refractivity contribution in [2.45, 2.75) is 39.4 Å². The minimum Gasteiger partial charge on any atom is -0.344 e. The maximum absolute atomic E-state index is 12.7. The summed E-state index contributed by atoms with van der Waals surface area (Å²) in [6.07, 6.45) is 4.95. The van der Waals surface area contributed by atoms with Crippen LogP contribution in [0, 0.1) is 6.92 Å². The molecule has 0 saturated carbocycles. The number of likely N-dealkylation sites (N-methyl/N-ethyl adjacent to an activating group) is 1. The van der Waals surface area contributed by atoms with Gasteiger partial charge in [-0.1, -0.05) is 17.7 Å². The number of fused-ring (bicyclic) bond motifs is 3. The van der Waals surface area contributed by atoms with Crippen molar-refractivity contribution in [2.24, 2.45) is 0 Å². The molecule has 0 spiro atoms. The molecule has 0 aliphatic carbocycles. The van der Waals surface area contributed by atoms with Crippen LogP contribution in [0.3, 0.4) is 0 Å². The number of hydrogen-bond donors (Lipinski definition) is 0. The summed E-state index contributed by atoms with van der Waals surface area (Å²) >= 11 is 0. The van der Waals surface area contributed by atoms with Crippen molar-refractivity contribution >= 4 is 10.9 Å². The third-order valence-electron chi connectivity index (χ3n) is 5.56. The fourth-order valence-corrected chi connectivity index (χ4v) is 4.05. The lowest BCUT2D eigenvalue weighted by Gasteiger charge is -2.14. The summed E-state index contributed by atoms with van der Waals surface area (Å²) in [6.45, 7) is 4.84. The Morgan fingerprint density at radius 3 is 2.73 bits per heavy atom. The predicted molar refractivity (Wildman–Crippen MR) is 104 cm³/mol. The number of aromatic nitrogens is 2. The van der Waals surface area contributed by atoms with Gasteiger partial charge in [-0.2, -0.15) is 0 Å². The smallest absolute Gasteiger partial charge is 0.131 e. The normalized spacial score (nSPS) is 15.2. The monoisotopic (exact) mass is 351 g/mol. The van der Waals surface area contributed by atoms with Crippen LogP contribution in [0.25, 0.3) is 10.9 Å². The Morgan fingerprint density at radius 1 is 1.12 bits per heavy atom. The lowest BCUT2D eigenvalue weighted by Crippen LogP contribution is -2.21. The Hall–Kier alpha value is -2.20. The highest BCUT2D eigenvalue weighted by molar-refractivity contribution is 5.86. The Kier molecular flexibility index (Phi) is 4.77. The fraction of sp³-hybridized carbons (Fsp3) is 0.409. The van der Waals surface area contributed by atoms with Gasteiger partial charge >= 0.3 is 0 Å². The number of benzene rings is 1. The third kappa shape index (κ3) is 3.26. The highest BCUT2D eigenvalue weighted by Gasteiger charge is 2.20. The molecule has 1 aliphatic heterocycles. The molecule has 0 N–H and O–H groups in total. The number of rotatable bonds is 4. The molecule has 2 aromatic heterocycles. The highest BCUT2D eigenvalue weighted by atomic mass is 19.1. The molecule has 4 rings (SSSR count). The van der Waals surface area contributed by atoms with Gasteiger partial charge in [0.2, 0.25) is 0 Å². The summed E-state index contributed by atoms with van der Waals surface area (Å²) in [5.74, 6) is 0. The van der Waals surface area contributed by atoms with Crippen LogP contribution in [0.4, 0.5) is 4.39 Å². The van der Waals surface area contributed by atoms with Gasteiger partial charge < -0.3 is 9.47 Å². The van der Waals surface area contributed by atoms with E-state index >= 15 is 0 Å². The van der Waals surface area contributed by atoms with Gasteiger partial charge in [0, 0.05) is 48.8 Å². The number of nitrogens with zero attached hydrogens (tertiary/aromatic N) is 3. The summed E-state index contributed by atoms with van der Waals surface area (Å²) < 4.78 is 15.2. The molecular formula is C22H26FN3. The van der Waals surface area contributed by atoms with Crippen molar-refractivity contribution < 1.29 is 4.39 Å². The average Bonchev–Trinajstić information content (AvgIpc) is 2.80. The van der Waals surface area contributed by atoms with Gasteiger partial charge in [-0.05, 0) is 56.1 Å². The molecule has 1 aliphatic rings. The first-order chi connectivity index (χ1) is 12.7. The van der Waals surface area contributed by atoms with E-state index in [-0.39, 0.29) is 0 Å². The van der Waals surface area contributed by atoms with E-state index in [2.05, 4.69) is 46.6 Å². The standard InChI is InChI=1S/C22H26FN3/c1-16-3-6-21-20(13-16)19-8-10-25(2)11-9-22(19)26(21)12-7-17-4-5-18(14-23)24-15-17/h3-6,13,15H,7-12,14H2,1-2H3. The summed E-state index contributed by atoms with van der Waals surface area (Å²) in [6, 6.07) is 10.6. The van der Waals surface area contributed by atoms with Crippen LogP contribution in [-0.2, 0) is 32.5 Å². The first-order valence-electron chi connectivity index (χ1n) is 9.44. The molecule has 3 nitrogen and oxygen atoms in total. The van der Waals surface area contributed by atoms with Gasteiger partial charge in [-0.25, -0.2) is 4.39 Å². The van der Waals surface area contributed by atoms with Crippen LogP contribution in [-0.4, -0.2) is 34.6 Å². The van der Waals surface area contributed by atoms with Crippen LogP contribution < -0.4 is 0 Å². The van der Waals surface area contributed by atoms with E-state index in [0.29, 0.717) is 5.69 Å². The van der Waals surface area contributed by atoms with Gasteiger partial charge in [0.15, 0.2) is 0 Å². The minimum absolute atomic E-state index is 0.497. The molecule has 0 bridgehead atoms. The molecule has 0 fully saturated rings. The van der Waals surface area contributed by atoms with Gasteiger partial charge in [0.05, 0.1) is 5.69 Å². The SMILES string of the molecule is Cc1ccc2c(c1)c1c(n2CCc2ccc(CF)nc2)CCN(C)CC1. The zero-order chi connectivity index (χ0) is 18.1. The van der Waals surface area contributed by atoms with Gasteiger partial charge in [-0.15, -0.1) is 0 Å². The Morgan fingerprint density at radius 2 is 1.96 bits per heavy atom. The topological polar surface area (TPSA) is 21.1 Å². The van der Waals surface area contributed by atoms with Gasteiger partial charge in [0.25, 0.3) is 0 Å². The minimum atomic E-state index is -0.497. The number of hydrogen-bond acceptors (Lipinski definition) is 2. The van der Waals surface area contributed by atoms with E-state index < -0.39 is 6.67 Å². The fourth-order valence-electron chi connectivity index (χ4n) is 4.05. The maximum Gasteiger partial charge on any atom is 0.131 e. The molecule has 0 amide bonds. The molecule has 0 radical (unpaired) electrons. The largest absolute Gasteiger partial charge is 0.344 e. The van der Waals surface area contributed by atoms with Crippen molar-refractivity contribution in [3.8, 4) is 0 Å². The zero-order valence-electron chi connectivity index (χ0n) is 15.6. The van der Waals surface area contributed by atoms with E-state index in [9.17, 15) is 4.39 Å². The predicted octanol–water partition coefficient (Wildman–Crippen LogP) is 4.09. The van der Waals surface area contributed by atoms with Crippen molar-refractivity contribution in [1.82, 2.24) is 14.5 Å². The van der Waals surface area contributed by atoms with E-state index in [1.54, 1.807) is 6.07 Å². The second kappa shape index (κ2) is 7.20. The van der Waals surface area contributed by atoms with Crippen molar-refractivity contribution in [1.29, 1.82) is 0 Å². The first-order valence-corrected chi connectivity index (χ1v) is 9.44. The summed E-state index contributed by atoms with van der Waals surface area (Å²) in [5.41, 5.74) is 7.35. The Bertz CT molecular complexity index is 911. The molecule has 0 saturated heterocycles. The zero-order valence-corrected chi connectivity index (χ0v) is 15.6. The van der Waals surface area contributed by atoms with E-state index in [1.807, 2.05) is 12.3 Å². The molecule has 3 heterocycles. The summed E-state index contributed by atoms with van der Waals surface area (Å²) in [7, 11) is 2.21. The van der Waals surface area contributed by atoms with E-state index in [4.69, 9.17) is 0 Å².